The lowest BCUT2D eigenvalue weighted by Gasteiger charge is -2.03. The minimum absolute atomic E-state index is 0.127. The van der Waals surface area contributed by atoms with E-state index in [0.29, 0.717) is 11.3 Å². The molecule has 0 radical (unpaired) electrons. The monoisotopic (exact) mass is 170 g/mol. The van der Waals surface area contributed by atoms with E-state index in [4.69, 9.17) is 5.39 Å². The second-order valence-electron chi connectivity index (χ2n) is 2.73. The van der Waals surface area contributed by atoms with Gasteiger partial charge < -0.3 is 5.11 Å². The summed E-state index contributed by atoms with van der Waals surface area (Å²) in [5.41, 5.74) is 1.59. The average Bonchev–Trinajstić information content (AvgIpc) is 2.47. The first-order valence-electron chi connectivity index (χ1n) is 3.87. The molecule has 0 amide bonds. The molecule has 13 heavy (non-hydrogen) atoms. The lowest BCUT2D eigenvalue weighted by molar-refractivity contribution is -0.267. The Kier molecular flexibility index (Phi) is 1.60. The maximum atomic E-state index is 11.4. The van der Waals surface area contributed by atoms with Crippen LogP contribution >= 0.6 is 0 Å². The second-order valence-corrected chi connectivity index (χ2v) is 2.73. The van der Waals surface area contributed by atoms with Gasteiger partial charge in [-0.05, 0) is 11.6 Å². The second kappa shape index (κ2) is 2.76. The summed E-state index contributed by atoms with van der Waals surface area (Å²) in [4.78, 5) is 3.05. The molecule has 0 fully saturated rings. The van der Waals surface area contributed by atoms with Gasteiger partial charge in [-0.25, -0.2) is 0 Å². The lowest BCUT2D eigenvalue weighted by atomic mass is 10.1. The Bertz CT molecular complexity index is 459. The Labute approximate surface area is 75.2 Å². The molecule has 0 atom stereocenters. The van der Waals surface area contributed by atoms with Crippen molar-refractivity contribution >= 4 is 5.69 Å². The molecule has 0 saturated heterocycles. The fourth-order valence-corrected chi connectivity index (χ4v) is 1.36. The largest absolute Gasteiger partial charge is 0.872 e. The molecule has 3 nitrogen and oxygen atoms in total. The molecule has 62 valence electrons. The van der Waals surface area contributed by atoms with Crippen molar-refractivity contribution in [2.45, 2.75) is 0 Å². The van der Waals surface area contributed by atoms with Crippen molar-refractivity contribution in [3.8, 4) is 16.9 Å². The van der Waals surface area contributed by atoms with Crippen LogP contribution in [0.4, 0.5) is 5.69 Å². The van der Waals surface area contributed by atoms with Gasteiger partial charge in [-0.3, -0.25) is 0 Å². The normalized spacial score (nSPS) is 9.77. The molecule has 2 aliphatic carbocycles. The van der Waals surface area contributed by atoms with Gasteiger partial charge in [-0.2, -0.15) is 0 Å². The van der Waals surface area contributed by atoms with Gasteiger partial charge in [0.1, 0.15) is 0 Å². The number of diazo groups is 1. The Morgan fingerprint density at radius 3 is 2.62 bits per heavy atom. The van der Waals surface area contributed by atoms with Crippen LogP contribution < -0.4 is 5.11 Å². The Balaban J connectivity index is 2.83. The summed E-state index contributed by atoms with van der Waals surface area (Å²) in [6.07, 6.45) is 0. The molecule has 2 rings (SSSR count). The van der Waals surface area contributed by atoms with E-state index in [1.54, 1.807) is 24.3 Å². The predicted molar refractivity (Wildman–Crippen MR) is 47.3 cm³/mol. The highest BCUT2D eigenvalue weighted by atomic mass is 16.3. The van der Waals surface area contributed by atoms with Crippen molar-refractivity contribution in [3.63, 3.8) is 0 Å². The van der Waals surface area contributed by atoms with E-state index in [1.165, 1.54) is 6.07 Å². The Hall–Kier alpha value is -2.08. The van der Waals surface area contributed by atoms with Crippen LogP contribution in [0.3, 0.4) is 0 Å². The van der Waals surface area contributed by atoms with Crippen molar-refractivity contribution in [2.24, 2.45) is 0 Å². The van der Waals surface area contributed by atoms with Crippen molar-refractivity contribution < 1.29 is 5.11 Å². The van der Waals surface area contributed by atoms with E-state index >= 15 is 0 Å². The molecule has 2 aliphatic rings. The van der Waals surface area contributed by atoms with Crippen LogP contribution in [0, 0.1) is 5.39 Å². The lowest BCUT2D eigenvalue weighted by Crippen LogP contribution is -1.88. The quantitative estimate of drug-likeness (QED) is 0.570. The number of rotatable bonds is 0. The molecule has 0 aromatic rings. The highest BCUT2D eigenvalue weighted by Crippen LogP contribution is 2.38. The van der Waals surface area contributed by atoms with E-state index in [2.05, 4.69) is 4.98 Å². The smallest absolute Gasteiger partial charge is 0.392 e. The van der Waals surface area contributed by atoms with E-state index in [9.17, 15) is 5.11 Å². The molecule has 0 aromatic heterocycles. The molecule has 0 aromatic carbocycles. The maximum Gasteiger partial charge on any atom is 0.392 e. The number of hydrogen-bond acceptors (Lipinski definition) is 2. The molecular formula is C10H6N2O. The van der Waals surface area contributed by atoms with Gasteiger partial charge in [-0.15, -0.1) is 0 Å². The summed E-state index contributed by atoms with van der Waals surface area (Å²) >= 11 is 0. The van der Waals surface area contributed by atoms with Crippen molar-refractivity contribution in [3.05, 3.63) is 41.4 Å². The first kappa shape index (κ1) is 7.56. The maximum absolute atomic E-state index is 11.4. The van der Waals surface area contributed by atoms with Crippen molar-refractivity contribution in [1.82, 2.24) is 0 Å². The summed E-state index contributed by atoms with van der Waals surface area (Å²) in [5, 5.41) is 20.1. The van der Waals surface area contributed by atoms with Crippen molar-refractivity contribution in [2.75, 3.05) is 0 Å². The third kappa shape index (κ3) is 1.09. The SMILES string of the molecule is N#[N+]c1ccc2ccccc([O-])c1-2. The first-order valence-corrected chi connectivity index (χ1v) is 3.87. The van der Waals surface area contributed by atoms with Crippen LogP contribution in [0.1, 0.15) is 0 Å². The molecule has 0 N–H and O–H groups in total. The number of fused-ring (bicyclic) bond motifs is 1. The fraction of sp³-hybridized carbons (Fsp3) is 0. The van der Waals surface area contributed by atoms with Crippen LogP contribution in [0.15, 0.2) is 36.4 Å². The molecule has 0 spiro atoms. The summed E-state index contributed by atoms with van der Waals surface area (Å²) in [6.45, 7) is 0. The van der Waals surface area contributed by atoms with Gasteiger partial charge in [0.15, 0.2) is 4.98 Å². The van der Waals surface area contributed by atoms with E-state index in [0.717, 1.165) is 5.56 Å². The molecule has 0 unspecified atom stereocenters. The average molecular weight is 170 g/mol. The summed E-state index contributed by atoms with van der Waals surface area (Å²) < 4.78 is 0. The summed E-state index contributed by atoms with van der Waals surface area (Å²) in [6, 6.07) is 10.1. The Morgan fingerprint density at radius 2 is 1.85 bits per heavy atom. The molecule has 3 heteroatoms. The molecule has 0 aliphatic heterocycles. The van der Waals surface area contributed by atoms with Crippen LogP contribution in [0.2, 0.25) is 0 Å². The standard InChI is InChI=1S/C10H6N2O/c11-12-8-6-5-7-3-1-2-4-9(13)10(7)8/h1-6H. The predicted octanol–water partition coefficient (Wildman–Crippen LogP) is 2.35. The van der Waals surface area contributed by atoms with Crippen molar-refractivity contribution in [1.29, 1.82) is 5.39 Å². The third-order valence-corrected chi connectivity index (χ3v) is 1.95. The van der Waals surface area contributed by atoms with Gasteiger partial charge in [0.05, 0.1) is 5.56 Å². The zero-order valence-corrected chi connectivity index (χ0v) is 6.77. The molecule has 0 heterocycles. The highest BCUT2D eigenvalue weighted by molar-refractivity contribution is 5.85. The van der Waals surface area contributed by atoms with E-state index in [1.807, 2.05) is 6.07 Å². The Morgan fingerprint density at radius 1 is 1.08 bits per heavy atom. The first-order chi connectivity index (χ1) is 6.33. The van der Waals surface area contributed by atoms with E-state index in [-0.39, 0.29) is 5.75 Å². The molecule has 0 bridgehead atoms. The third-order valence-electron chi connectivity index (χ3n) is 1.95. The van der Waals surface area contributed by atoms with Gasteiger partial charge in [0, 0.05) is 6.07 Å². The van der Waals surface area contributed by atoms with Gasteiger partial charge in [0.2, 0.25) is 5.39 Å². The van der Waals surface area contributed by atoms with Crippen LogP contribution in [-0.2, 0) is 0 Å². The highest BCUT2D eigenvalue weighted by Gasteiger charge is 2.17. The summed E-state index contributed by atoms with van der Waals surface area (Å²) in [5.74, 6) is -0.127. The van der Waals surface area contributed by atoms with Gasteiger partial charge >= 0.3 is 5.69 Å². The topological polar surface area (TPSA) is 51.2 Å². The molecular weight excluding hydrogens is 164 g/mol. The van der Waals surface area contributed by atoms with Crippen LogP contribution in [-0.4, -0.2) is 0 Å². The number of nitrogens with zero attached hydrogens (tertiary/aromatic N) is 2. The zero-order chi connectivity index (χ0) is 9.26. The van der Waals surface area contributed by atoms with E-state index < -0.39 is 0 Å². The molecule has 0 saturated carbocycles. The fourth-order valence-electron chi connectivity index (χ4n) is 1.36. The minimum atomic E-state index is -0.127. The van der Waals surface area contributed by atoms with Crippen LogP contribution in [0.5, 0.6) is 5.75 Å². The van der Waals surface area contributed by atoms with Gasteiger partial charge in [0.25, 0.3) is 0 Å². The summed E-state index contributed by atoms with van der Waals surface area (Å²) in [7, 11) is 0. The number of hydrogen-bond donors (Lipinski definition) is 0. The van der Waals surface area contributed by atoms with Crippen LogP contribution in [0.25, 0.3) is 16.1 Å². The zero-order valence-electron chi connectivity index (χ0n) is 6.77. The minimum Gasteiger partial charge on any atom is -0.872 e. The van der Waals surface area contributed by atoms with Gasteiger partial charge in [-0.1, -0.05) is 30.0 Å².